The van der Waals surface area contributed by atoms with E-state index in [4.69, 9.17) is 20.1 Å². The van der Waals surface area contributed by atoms with Crippen LogP contribution in [-0.4, -0.2) is 49.3 Å². The van der Waals surface area contributed by atoms with Crippen LogP contribution in [0.4, 0.5) is 8.78 Å². The highest BCUT2D eigenvalue weighted by atomic mass is 127. The van der Waals surface area contributed by atoms with Crippen molar-refractivity contribution in [2.75, 3.05) is 0 Å². The van der Waals surface area contributed by atoms with Crippen LogP contribution < -0.4 is 37.8 Å². The van der Waals surface area contributed by atoms with E-state index in [1.54, 1.807) is 49.4 Å². The van der Waals surface area contributed by atoms with E-state index in [0.717, 1.165) is 38.5 Å². The Kier molecular flexibility index (Phi) is 23.0. The van der Waals surface area contributed by atoms with E-state index < -0.39 is 82.0 Å². The van der Waals surface area contributed by atoms with E-state index in [1.807, 2.05) is 52.1 Å². The molecule has 10 rings (SSSR count). The maximum Gasteiger partial charge on any atom is 0.339 e. The number of nitrogens with zero attached hydrogens (tertiary/aromatic N) is 7. The molecule has 0 saturated heterocycles. The third kappa shape index (κ3) is 13.8. The Morgan fingerprint density at radius 1 is 0.598 bits per heavy atom. The molecule has 0 aliphatic heterocycles. The first-order valence-corrected chi connectivity index (χ1v) is 29.2. The molecule has 1 N–H and O–H groups in total. The topological polar surface area (TPSA) is 254 Å². The molecule has 0 bridgehead atoms. The molecule has 0 unspecified atom stereocenters. The van der Waals surface area contributed by atoms with Crippen LogP contribution >= 0.6 is 55.9 Å². The Bertz CT molecular complexity index is 4430. The van der Waals surface area contributed by atoms with Gasteiger partial charge in [-0.2, -0.15) is 13.7 Å². The smallest absolute Gasteiger partial charge is 0.339 e. The van der Waals surface area contributed by atoms with E-state index >= 15 is 4.39 Å². The number of rotatable bonds is 8. The van der Waals surface area contributed by atoms with Crippen LogP contribution in [0.5, 0.6) is 11.5 Å². The second-order valence-corrected chi connectivity index (χ2v) is 24.7. The fourth-order valence-electron chi connectivity index (χ4n) is 8.27. The van der Waals surface area contributed by atoms with E-state index in [1.165, 1.54) is 83.4 Å². The predicted molar refractivity (Wildman–Crippen MR) is 333 cm³/mol. The van der Waals surface area contributed by atoms with E-state index in [0.29, 0.717) is 32.8 Å². The minimum Gasteiger partial charge on any atom is -0.506 e. The normalized spacial score (nSPS) is 12.5. The molecule has 4 aromatic carbocycles. The van der Waals surface area contributed by atoms with Gasteiger partial charge in [0.05, 0.1) is 33.5 Å². The maximum atomic E-state index is 15.2. The number of pyridine rings is 2. The van der Waals surface area contributed by atoms with Gasteiger partial charge in [-0.25, -0.2) is 35.9 Å². The summed E-state index contributed by atoms with van der Waals surface area (Å²) in [5, 5.41) is 17.4. The van der Waals surface area contributed by atoms with Gasteiger partial charge in [0.25, 0.3) is 31.3 Å². The minimum absolute atomic E-state index is 0. The molecule has 0 atom stereocenters. The zero-order chi connectivity index (χ0) is 57.6. The average molecular weight is 1420 g/mol. The van der Waals surface area contributed by atoms with Crippen molar-refractivity contribution in [2.24, 2.45) is 14.1 Å². The zero-order valence-electron chi connectivity index (χ0n) is 42.3. The summed E-state index contributed by atoms with van der Waals surface area (Å²) in [4.78, 5) is 79.1. The number of halogens is 5. The van der Waals surface area contributed by atoms with Crippen molar-refractivity contribution in [3.05, 3.63) is 188 Å². The lowest BCUT2D eigenvalue weighted by atomic mass is 10.2. The third-order valence-electron chi connectivity index (χ3n) is 12.5. The number of aromatic nitrogens is 6. The van der Waals surface area contributed by atoms with Crippen molar-refractivity contribution in [2.45, 2.75) is 112 Å². The van der Waals surface area contributed by atoms with Crippen molar-refractivity contribution in [1.82, 2.24) is 27.4 Å². The molecular weight excluding hydrogens is 1350 g/mol. The number of hydrogen-bond donors (Lipinski definition) is 1. The lowest BCUT2D eigenvalue weighted by Crippen LogP contribution is -2.42. The van der Waals surface area contributed by atoms with Crippen molar-refractivity contribution in [3.63, 3.8) is 0 Å². The van der Waals surface area contributed by atoms with Crippen LogP contribution in [0.1, 0.15) is 96.7 Å². The molecule has 26 heteroatoms. The van der Waals surface area contributed by atoms with Crippen LogP contribution in [0.15, 0.2) is 123 Å². The van der Waals surface area contributed by atoms with Gasteiger partial charge in [0.15, 0.2) is 5.75 Å². The molecule has 2 aliphatic rings. The lowest BCUT2D eigenvalue weighted by Gasteiger charge is -2.20. The van der Waals surface area contributed by atoms with Gasteiger partial charge in [-0.15, -0.1) is 0 Å². The molecule has 2 fully saturated rings. The summed E-state index contributed by atoms with van der Waals surface area (Å²) in [7, 11) is -0.214. The summed E-state index contributed by atoms with van der Waals surface area (Å²) < 4.78 is 90.4. The predicted octanol–water partition coefficient (Wildman–Crippen LogP) is 10.3. The summed E-state index contributed by atoms with van der Waals surface area (Å²) in [6.07, 6.45) is 2.42. The summed E-state index contributed by atoms with van der Waals surface area (Å²) in [5.41, 5.74) is -3.28. The van der Waals surface area contributed by atoms with Crippen LogP contribution in [0.25, 0.3) is 33.4 Å². The quantitative estimate of drug-likeness (QED) is 0.0845. The van der Waals surface area contributed by atoms with E-state index in [2.05, 4.69) is 0 Å². The molecule has 0 amide bonds. The first-order valence-electron chi connectivity index (χ1n) is 23.3. The average Bonchev–Trinajstić information content (AvgIpc) is 2.71. The number of hydrogen-bond acceptors (Lipinski definition) is 13. The Morgan fingerprint density at radius 3 is 1.32 bits per heavy atom. The Morgan fingerprint density at radius 2 is 0.951 bits per heavy atom. The Balaban J connectivity index is 0.000000344. The largest absolute Gasteiger partial charge is 0.506 e. The highest BCUT2D eigenvalue weighted by molar-refractivity contribution is 14.1. The Hall–Kier alpha value is -6.74. The molecule has 440 valence electrons. The molecule has 19 nitrogen and oxygen atoms in total. The molecule has 0 radical (unpaired) electrons. The molecule has 8 aromatic rings. The molecule has 4 aromatic heterocycles. The highest BCUT2D eigenvalue weighted by Crippen LogP contribution is 2.36. The molecule has 82 heavy (non-hydrogen) atoms. The lowest BCUT2D eigenvalue weighted by molar-refractivity contribution is 0.472. The number of aryl methyl sites for hydroxylation is 4. The first kappa shape index (κ1) is 69.5. The molecule has 2 saturated carbocycles. The number of fused-ring (bicyclic) bond motifs is 2. The van der Waals surface area contributed by atoms with Gasteiger partial charge in [-0.1, -0.05) is 65.1 Å². The number of aromatic hydroxyl groups is 1. The zero-order valence-corrected chi connectivity index (χ0v) is 49.0. The Labute approximate surface area is 504 Å². The van der Waals surface area contributed by atoms with Gasteiger partial charge < -0.3 is 9.29 Å². The van der Waals surface area contributed by atoms with Gasteiger partial charge in [-0.05, 0) is 159 Å². The molecule has 4 heterocycles. The van der Waals surface area contributed by atoms with Crippen LogP contribution in [0.3, 0.4) is 0 Å². The van der Waals surface area contributed by atoms with Gasteiger partial charge in [0.1, 0.15) is 44.3 Å². The fraction of sp³-hybridized carbons (Fsp3) is 0.304. The van der Waals surface area contributed by atoms with Crippen molar-refractivity contribution >= 4 is 97.1 Å². The molecule has 0 spiro atoms. The molecule has 2 aliphatic carbocycles. The minimum atomic E-state index is -4.47. The second-order valence-electron chi connectivity index (χ2n) is 18.1. The third-order valence-corrected chi connectivity index (χ3v) is 16.5. The van der Waals surface area contributed by atoms with Gasteiger partial charge in [-0.3, -0.25) is 37.4 Å². The number of benzene rings is 4. The van der Waals surface area contributed by atoms with Crippen molar-refractivity contribution in [3.8, 4) is 28.9 Å². The summed E-state index contributed by atoms with van der Waals surface area (Å²) in [6.45, 7) is 7.84. The standard InChI is InChI=1S/C25H21FIN3O6S.C18H15FIN3O4.C7H7ClO2S.C2H3N.4CH4/c1-13-4-9-17(10-5-13)37(34,35)36-21-14(2)23(31)28(3)22-20(21)24(32)29(16-7-8-16)25(33)30(22)19-11-6-15(27)12-18(19)26;1-8-14(24)13-15(21(2)16(8)25)23(12-6-3-9(20)7-11(12)19)18(27)22(17(13)26)10-4-5-10;1-6-2-4-7(5-3-6)11(8,9)10;1-2-3;;;;/h4-6,9-12,16H,7-8H2,1-3H3;3,6-7,10,24H,4-5H2,1-2H3;2-5H,1H3;1H3;4*1H4. The summed E-state index contributed by atoms with van der Waals surface area (Å²) >= 11 is 3.86. The summed E-state index contributed by atoms with van der Waals surface area (Å²) in [5.74, 6) is -2.39. The fourth-order valence-corrected chi connectivity index (χ4v) is 10.9. The van der Waals surface area contributed by atoms with Gasteiger partial charge >= 0.3 is 21.5 Å². The second kappa shape index (κ2) is 27.1. The highest BCUT2D eigenvalue weighted by Gasteiger charge is 2.35. The van der Waals surface area contributed by atoms with Crippen LogP contribution in [0, 0.1) is 57.8 Å². The van der Waals surface area contributed by atoms with Crippen molar-refractivity contribution < 1.29 is 34.9 Å². The van der Waals surface area contributed by atoms with Gasteiger partial charge in [0.2, 0.25) is 0 Å². The van der Waals surface area contributed by atoms with Crippen LogP contribution in [-0.2, 0) is 33.3 Å². The maximum absolute atomic E-state index is 15.2. The molecular formula is C56H62ClF2I2N7O12S2. The first-order chi connectivity index (χ1) is 36.6. The van der Waals surface area contributed by atoms with E-state index in [9.17, 15) is 55.1 Å². The van der Waals surface area contributed by atoms with E-state index in [-0.39, 0.29) is 90.1 Å². The monoisotopic (exact) mass is 1420 g/mol. The SMILES string of the molecule is C.C.C.C.CC#N.Cc1c(O)c2c(=O)n(C3CC3)c(=O)n(-c3ccc(I)cc3F)c2n(C)c1=O.Cc1ccc(S(=O)(=O)Cl)cc1.Cc1ccc(S(=O)(=O)Oc2c(C)c(=O)n(C)c3c2c(=O)n(C2CC2)c(=O)n3-c2ccc(I)cc2F)cc1. The number of nitriles is 1. The summed E-state index contributed by atoms with van der Waals surface area (Å²) in [6, 6.07) is 21.7. The van der Waals surface area contributed by atoms with Gasteiger partial charge in [0, 0.05) is 50.9 Å². The van der Waals surface area contributed by atoms with Crippen molar-refractivity contribution in [1.29, 1.82) is 5.26 Å². The van der Waals surface area contributed by atoms with Crippen LogP contribution in [0.2, 0.25) is 0 Å².